The fourth-order valence-corrected chi connectivity index (χ4v) is 1.90. The number of rotatable bonds is 4. The third kappa shape index (κ3) is 3.02. The van der Waals surface area contributed by atoms with Gasteiger partial charge in [-0.05, 0) is 12.8 Å². The van der Waals surface area contributed by atoms with Crippen molar-refractivity contribution in [3.8, 4) is 0 Å². The van der Waals surface area contributed by atoms with Crippen molar-refractivity contribution in [1.82, 2.24) is 0 Å². The van der Waals surface area contributed by atoms with Crippen molar-refractivity contribution in [3.63, 3.8) is 0 Å². The average Bonchev–Trinajstić information content (AvgIpc) is 2.46. The van der Waals surface area contributed by atoms with Crippen LogP contribution in [0.25, 0.3) is 0 Å². The molecule has 4 nitrogen and oxygen atoms in total. The summed E-state index contributed by atoms with van der Waals surface area (Å²) in [6.07, 6.45) is 1.10. The standard InChI is InChI=1S/C7H13BO4P/c1-3-5-6(4-7(8)11-5)12-13(9)10-2/h5-7H,3-4H2,1-2H3/q+1. The zero-order valence-corrected chi connectivity index (χ0v) is 8.70. The Kier molecular flexibility index (Phi) is 4.33. The smallest absolute Gasteiger partial charge is 0.382 e. The van der Waals surface area contributed by atoms with Gasteiger partial charge in [-0.1, -0.05) is 6.92 Å². The van der Waals surface area contributed by atoms with E-state index < -0.39 is 8.25 Å². The second-order valence-corrected chi connectivity index (χ2v) is 3.93. The first-order chi connectivity index (χ1) is 6.17. The van der Waals surface area contributed by atoms with Gasteiger partial charge >= 0.3 is 8.25 Å². The SMILES string of the molecule is [B]C1CC(O[P+](=O)OC)C(CC)O1. The van der Waals surface area contributed by atoms with Crippen molar-refractivity contribution in [2.75, 3.05) is 7.11 Å². The molecule has 0 bridgehead atoms. The van der Waals surface area contributed by atoms with Gasteiger partial charge < -0.3 is 4.74 Å². The molecule has 0 amide bonds. The van der Waals surface area contributed by atoms with Gasteiger partial charge in [-0.25, -0.2) is 0 Å². The molecule has 0 aromatic carbocycles. The second kappa shape index (κ2) is 5.06. The molecule has 1 heterocycles. The van der Waals surface area contributed by atoms with E-state index >= 15 is 0 Å². The quantitative estimate of drug-likeness (QED) is 0.511. The van der Waals surface area contributed by atoms with Crippen molar-refractivity contribution in [1.29, 1.82) is 0 Å². The normalized spacial score (nSPS) is 34.9. The predicted molar refractivity (Wildman–Crippen MR) is 48.8 cm³/mol. The van der Waals surface area contributed by atoms with Crippen LogP contribution in [-0.4, -0.2) is 33.2 Å². The van der Waals surface area contributed by atoms with E-state index in [1.165, 1.54) is 7.11 Å². The Hall–Kier alpha value is 0.0449. The molecule has 0 N–H and O–H groups in total. The largest absolute Gasteiger partial charge is 0.697 e. The van der Waals surface area contributed by atoms with Crippen molar-refractivity contribution < 1.29 is 18.3 Å². The minimum absolute atomic E-state index is 0.0656. The minimum Gasteiger partial charge on any atom is -0.382 e. The van der Waals surface area contributed by atoms with Gasteiger partial charge in [0.25, 0.3) is 0 Å². The first-order valence-corrected chi connectivity index (χ1v) is 5.36. The lowest BCUT2D eigenvalue weighted by Gasteiger charge is -2.10. The molecule has 0 spiro atoms. The molecule has 1 rings (SSSR count). The van der Waals surface area contributed by atoms with E-state index in [-0.39, 0.29) is 18.2 Å². The summed E-state index contributed by atoms with van der Waals surface area (Å²) in [6, 6.07) is -0.310. The van der Waals surface area contributed by atoms with Crippen LogP contribution in [0, 0.1) is 0 Å². The fraction of sp³-hybridized carbons (Fsp3) is 1.00. The van der Waals surface area contributed by atoms with E-state index in [1.54, 1.807) is 0 Å². The molecule has 13 heavy (non-hydrogen) atoms. The first kappa shape index (κ1) is 11.1. The van der Waals surface area contributed by atoms with Gasteiger partial charge in [0.05, 0.1) is 13.2 Å². The van der Waals surface area contributed by atoms with Crippen LogP contribution in [-0.2, 0) is 18.3 Å². The molecular weight excluding hydrogens is 190 g/mol. The maximum atomic E-state index is 10.9. The van der Waals surface area contributed by atoms with Gasteiger partial charge in [0.2, 0.25) is 0 Å². The van der Waals surface area contributed by atoms with Crippen molar-refractivity contribution in [2.45, 2.75) is 38.0 Å². The Balaban J connectivity index is 2.43. The molecule has 1 aliphatic rings. The highest BCUT2D eigenvalue weighted by Gasteiger charge is 2.39. The molecular formula is C7H13BO4P+. The van der Waals surface area contributed by atoms with Crippen LogP contribution in [0.3, 0.4) is 0 Å². The number of hydrogen-bond acceptors (Lipinski definition) is 4. The molecule has 72 valence electrons. The second-order valence-electron chi connectivity index (χ2n) is 2.91. The highest BCUT2D eigenvalue weighted by molar-refractivity contribution is 7.33. The van der Waals surface area contributed by atoms with E-state index in [4.69, 9.17) is 17.1 Å². The molecule has 6 heteroatoms. The minimum atomic E-state index is -2.03. The summed E-state index contributed by atoms with van der Waals surface area (Å²) in [6.45, 7) is 1.97. The van der Waals surface area contributed by atoms with Crippen LogP contribution in [0.2, 0.25) is 0 Å². The van der Waals surface area contributed by atoms with Crippen LogP contribution in [0.15, 0.2) is 0 Å². The van der Waals surface area contributed by atoms with Gasteiger partial charge in [-0.15, -0.1) is 9.05 Å². The lowest BCUT2D eigenvalue weighted by molar-refractivity contribution is 0.0377. The lowest BCUT2D eigenvalue weighted by Crippen LogP contribution is -2.21. The molecule has 1 fully saturated rings. The summed E-state index contributed by atoms with van der Waals surface area (Å²) < 4.78 is 25.9. The molecule has 4 atom stereocenters. The van der Waals surface area contributed by atoms with E-state index in [0.29, 0.717) is 6.42 Å². The highest BCUT2D eigenvalue weighted by Crippen LogP contribution is 2.33. The molecule has 4 unspecified atom stereocenters. The summed E-state index contributed by atoms with van der Waals surface area (Å²) in [4.78, 5) is 0. The third-order valence-corrected chi connectivity index (χ3v) is 2.74. The van der Waals surface area contributed by atoms with Crippen LogP contribution in [0.1, 0.15) is 19.8 Å². The Bertz CT molecular complexity index is 189. The van der Waals surface area contributed by atoms with E-state index in [1.807, 2.05) is 6.92 Å². The molecule has 1 aliphatic heterocycles. The molecule has 0 aromatic heterocycles. The maximum absolute atomic E-state index is 10.9. The molecule has 0 aromatic rings. The number of ether oxygens (including phenoxy) is 1. The van der Waals surface area contributed by atoms with E-state index in [0.717, 1.165) is 6.42 Å². The highest BCUT2D eigenvalue weighted by atomic mass is 31.1. The zero-order valence-electron chi connectivity index (χ0n) is 7.80. The molecule has 0 aliphatic carbocycles. The summed E-state index contributed by atoms with van der Waals surface area (Å²) >= 11 is 0. The average molecular weight is 203 g/mol. The molecule has 2 radical (unpaired) electrons. The van der Waals surface area contributed by atoms with Crippen LogP contribution in [0.4, 0.5) is 0 Å². The van der Waals surface area contributed by atoms with Crippen molar-refractivity contribution in [2.24, 2.45) is 0 Å². The maximum Gasteiger partial charge on any atom is 0.697 e. The van der Waals surface area contributed by atoms with Gasteiger partial charge in [-0.3, -0.25) is 0 Å². The summed E-state index contributed by atoms with van der Waals surface area (Å²) in [5, 5.41) is 0. The molecule has 0 saturated carbocycles. The zero-order chi connectivity index (χ0) is 9.84. The fourth-order valence-electron chi connectivity index (χ4n) is 1.37. The van der Waals surface area contributed by atoms with Crippen LogP contribution in [0.5, 0.6) is 0 Å². The first-order valence-electron chi connectivity index (χ1n) is 4.26. The topological polar surface area (TPSA) is 44.8 Å². The predicted octanol–water partition coefficient (Wildman–Crippen LogP) is 1.37. The van der Waals surface area contributed by atoms with E-state index in [9.17, 15) is 4.57 Å². The summed E-state index contributed by atoms with van der Waals surface area (Å²) in [7, 11) is 4.89. The summed E-state index contributed by atoms with van der Waals surface area (Å²) in [5.74, 6) is 0. The van der Waals surface area contributed by atoms with E-state index in [2.05, 4.69) is 4.52 Å². The Morgan fingerprint density at radius 3 is 2.92 bits per heavy atom. The Morgan fingerprint density at radius 2 is 2.38 bits per heavy atom. The Labute approximate surface area is 80.3 Å². The Morgan fingerprint density at radius 1 is 1.69 bits per heavy atom. The summed E-state index contributed by atoms with van der Waals surface area (Å²) in [5.41, 5.74) is 0. The van der Waals surface area contributed by atoms with Crippen molar-refractivity contribution >= 4 is 16.1 Å². The van der Waals surface area contributed by atoms with Crippen LogP contribution < -0.4 is 0 Å². The number of hydrogen-bond donors (Lipinski definition) is 0. The lowest BCUT2D eigenvalue weighted by atomic mass is 9.96. The van der Waals surface area contributed by atoms with Gasteiger partial charge in [-0.2, -0.15) is 0 Å². The van der Waals surface area contributed by atoms with Gasteiger partial charge in [0, 0.05) is 10.6 Å². The monoisotopic (exact) mass is 203 g/mol. The van der Waals surface area contributed by atoms with Crippen molar-refractivity contribution in [3.05, 3.63) is 0 Å². The van der Waals surface area contributed by atoms with Gasteiger partial charge in [0.1, 0.15) is 14.0 Å². The van der Waals surface area contributed by atoms with Gasteiger partial charge in [0.15, 0.2) is 0 Å². The molecule has 1 saturated heterocycles. The third-order valence-electron chi connectivity index (χ3n) is 2.00. The van der Waals surface area contributed by atoms with Crippen LogP contribution >= 0.6 is 8.25 Å².